The van der Waals surface area contributed by atoms with Gasteiger partial charge in [-0.15, -0.1) is 0 Å². The summed E-state index contributed by atoms with van der Waals surface area (Å²) in [6, 6.07) is 5.94. The Morgan fingerprint density at radius 3 is 2.61 bits per heavy atom. The van der Waals surface area contributed by atoms with Gasteiger partial charge < -0.3 is 14.8 Å². The number of hydrogen-bond acceptors (Lipinski definition) is 3. The molecule has 1 fully saturated rings. The van der Waals surface area contributed by atoms with E-state index in [0.717, 1.165) is 36.1 Å². The fourth-order valence-corrected chi connectivity index (χ4v) is 2.65. The molecule has 1 aromatic carbocycles. The molecule has 1 aromatic rings. The quantitative estimate of drug-likeness (QED) is 0.840. The van der Waals surface area contributed by atoms with Crippen LogP contribution in [0.3, 0.4) is 0 Å². The fourth-order valence-electron chi connectivity index (χ4n) is 2.65. The van der Waals surface area contributed by atoms with Crippen LogP contribution < -0.4 is 14.8 Å². The molecule has 1 aliphatic carbocycles. The summed E-state index contributed by atoms with van der Waals surface area (Å²) >= 11 is 0. The third-order valence-corrected chi connectivity index (χ3v) is 3.71. The molecule has 3 heteroatoms. The minimum absolute atomic E-state index is 0.844. The number of benzene rings is 1. The SMILES string of the molecule is COc1ccc(OC)c(CNCC2CCCC2)c1. The minimum Gasteiger partial charge on any atom is -0.497 e. The van der Waals surface area contributed by atoms with Gasteiger partial charge >= 0.3 is 0 Å². The molecule has 0 spiro atoms. The van der Waals surface area contributed by atoms with Gasteiger partial charge in [0.25, 0.3) is 0 Å². The molecule has 3 nitrogen and oxygen atoms in total. The lowest BCUT2D eigenvalue weighted by Crippen LogP contribution is -2.21. The summed E-state index contributed by atoms with van der Waals surface area (Å²) in [6.07, 6.45) is 5.55. The Hall–Kier alpha value is -1.22. The molecule has 100 valence electrons. The second-order valence-corrected chi connectivity index (χ2v) is 4.96. The largest absolute Gasteiger partial charge is 0.497 e. The average Bonchev–Trinajstić information content (AvgIpc) is 2.92. The first-order valence-corrected chi connectivity index (χ1v) is 6.75. The van der Waals surface area contributed by atoms with Gasteiger partial charge in [-0.3, -0.25) is 0 Å². The smallest absolute Gasteiger partial charge is 0.123 e. The van der Waals surface area contributed by atoms with E-state index in [1.165, 1.54) is 25.7 Å². The lowest BCUT2D eigenvalue weighted by atomic mass is 10.1. The maximum absolute atomic E-state index is 5.37. The van der Waals surface area contributed by atoms with Crippen molar-refractivity contribution < 1.29 is 9.47 Å². The zero-order valence-corrected chi connectivity index (χ0v) is 11.4. The Balaban J connectivity index is 1.89. The monoisotopic (exact) mass is 249 g/mol. The van der Waals surface area contributed by atoms with E-state index in [1.54, 1.807) is 14.2 Å². The van der Waals surface area contributed by atoms with Crippen LogP contribution in [-0.2, 0) is 6.54 Å². The second kappa shape index (κ2) is 6.64. The standard InChI is InChI=1S/C15H23NO2/c1-17-14-7-8-15(18-2)13(9-14)11-16-10-12-5-3-4-6-12/h7-9,12,16H,3-6,10-11H2,1-2H3. The molecule has 0 saturated heterocycles. The van der Waals surface area contributed by atoms with Gasteiger partial charge in [0.2, 0.25) is 0 Å². The van der Waals surface area contributed by atoms with Gasteiger partial charge in [-0.25, -0.2) is 0 Å². The maximum Gasteiger partial charge on any atom is 0.123 e. The van der Waals surface area contributed by atoms with Gasteiger partial charge in [0, 0.05) is 12.1 Å². The molecule has 0 aliphatic heterocycles. The van der Waals surface area contributed by atoms with E-state index in [0.29, 0.717) is 0 Å². The van der Waals surface area contributed by atoms with Crippen molar-refractivity contribution in [1.82, 2.24) is 5.32 Å². The van der Waals surface area contributed by atoms with E-state index in [1.807, 2.05) is 18.2 Å². The predicted octanol–water partition coefficient (Wildman–Crippen LogP) is 2.98. The first kappa shape index (κ1) is 13.2. The van der Waals surface area contributed by atoms with Crippen LogP contribution >= 0.6 is 0 Å². The summed E-state index contributed by atoms with van der Waals surface area (Å²) in [5, 5.41) is 3.53. The number of hydrogen-bond donors (Lipinski definition) is 1. The molecular formula is C15H23NO2. The van der Waals surface area contributed by atoms with Crippen LogP contribution in [0.5, 0.6) is 11.5 Å². The Morgan fingerprint density at radius 1 is 1.17 bits per heavy atom. The van der Waals surface area contributed by atoms with E-state index < -0.39 is 0 Å². The summed E-state index contributed by atoms with van der Waals surface area (Å²) in [7, 11) is 3.40. The van der Waals surface area contributed by atoms with Crippen molar-refractivity contribution in [2.45, 2.75) is 32.2 Å². The molecule has 0 bridgehead atoms. The van der Waals surface area contributed by atoms with Crippen LogP contribution in [0.1, 0.15) is 31.2 Å². The summed E-state index contributed by atoms with van der Waals surface area (Å²) in [4.78, 5) is 0. The molecule has 0 heterocycles. The van der Waals surface area contributed by atoms with Crippen LogP contribution in [0, 0.1) is 5.92 Å². The highest BCUT2D eigenvalue weighted by Crippen LogP contribution is 2.25. The van der Waals surface area contributed by atoms with Gasteiger partial charge in [0.15, 0.2) is 0 Å². The van der Waals surface area contributed by atoms with E-state index >= 15 is 0 Å². The van der Waals surface area contributed by atoms with Crippen LogP contribution in [0.4, 0.5) is 0 Å². The van der Waals surface area contributed by atoms with Crippen molar-refractivity contribution in [3.05, 3.63) is 23.8 Å². The Morgan fingerprint density at radius 2 is 1.94 bits per heavy atom. The molecule has 0 aromatic heterocycles. The average molecular weight is 249 g/mol. The fraction of sp³-hybridized carbons (Fsp3) is 0.600. The number of ether oxygens (including phenoxy) is 2. The van der Waals surface area contributed by atoms with Crippen molar-refractivity contribution in [2.24, 2.45) is 5.92 Å². The normalized spacial score (nSPS) is 15.9. The number of methoxy groups -OCH3 is 2. The summed E-state index contributed by atoms with van der Waals surface area (Å²) in [5.74, 6) is 2.67. The third kappa shape index (κ3) is 3.39. The summed E-state index contributed by atoms with van der Waals surface area (Å²) in [6.45, 7) is 1.96. The van der Waals surface area contributed by atoms with E-state index in [2.05, 4.69) is 5.32 Å². The summed E-state index contributed by atoms with van der Waals surface area (Å²) < 4.78 is 10.6. The molecule has 2 rings (SSSR count). The Labute approximate surface area is 109 Å². The summed E-state index contributed by atoms with van der Waals surface area (Å²) in [5.41, 5.74) is 1.16. The van der Waals surface area contributed by atoms with E-state index in [9.17, 15) is 0 Å². The van der Waals surface area contributed by atoms with E-state index in [-0.39, 0.29) is 0 Å². The van der Waals surface area contributed by atoms with Gasteiger partial charge in [0.1, 0.15) is 11.5 Å². The third-order valence-electron chi connectivity index (χ3n) is 3.71. The van der Waals surface area contributed by atoms with Crippen LogP contribution in [-0.4, -0.2) is 20.8 Å². The highest BCUT2D eigenvalue weighted by atomic mass is 16.5. The minimum atomic E-state index is 0.844. The van der Waals surface area contributed by atoms with Crippen molar-refractivity contribution in [3.8, 4) is 11.5 Å². The van der Waals surface area contributed by atoms with Crippen molar-refractivity contribution >= 4 is 0 Å². The van der Waals surface area contributed by atoms with Crippen molar-refractivity contribution in [3.63, 3.8) is 0 Å². The van der Waals surface area contributed by atoms with Crippen LogP contribution in [0.2, 0.25) is 0 Å². The van der Waals surface area contributed by atoms with Gasteiger partial charge in [-0.2, -0.15) is 0 Å². The molecule has 18 heavy (non-hydrogen) atoms. The zero-order chi connectivity index (χ0) is 12.8. The van der Waals surface area contributed by atoms with Gasteiger partial charge in [0.05, 0.1) is 14.2 Å². The molecule has 0 amide bonds. The van der Waals surface area contributed by atoms with Crippen LogP contribution in [0.15, 0.2) is 18.2 Å². The molecule has 1 saturated carbocycles. The van der Waals surface area contributed by atoms with Gasteiger partial charge in [-0.1, -0.05) is 12.8 Å². The highest BCUT2D eigenvalue weighted by molar-refractivity contribution is 5.40. The molecular weight excluding hydrogens is 226 g/mol. The zero-order valence-electron chi connectivity index (χ0n) is 11.4. The number of nitrogens with one attached hydrogen (secondary N) is 1. The predicted molar refractivity (Wildman–Crippen MR) is 73.2 cm³/mol. The maximum atomic E-state index is 5.37. The van der Waals surface area contributed by atoms with Crippen LogP contribution in [0.25, 0.3) is 0 Å². The first-order chi connectivity index (χ1) is 8.83. The van der Waals surface area contributed by atoms with Crippen molar-refractivity contribution in [1.29, 1.82) is 0 Å². The topological polar surface area (TPSA) is 30.5 Å². The lowest BCUT2D eigenvalue weighted by molar-refractivity contribution is 0.395. The molecule has 1 N–H and O–H groups in total. The highest BCUT2D eigenvalue weighted by Gasteiger charge is 2.14. The van der Waals surface area contributed by atoms with E-state index in [4.69, 9.17) is 9.47 Å². The number of rotatable bonds is 6. The Kier molecular flexibility index (Phi) is 4.88. The van der Waals surface area contributed by atoms with Gasteiger partial charge in [-0.05, 0) is 43.5 Å². The first-order valence-electron chi connectivity index (χ1n) is 6.75. The lowest BCUT2D eigenvalue weighted by Gasteiger charge is -2.13. The molecule has 0 unspecified atom stereocenters. The molecule has 0 atom stereocenters. The molecule has 0 radical (unpaired) electrons. The molecule has 1 aliphatic rings. The Bertz CT molecular complexity index is 373. The second-order valence-electron chi connectivity index (χ2n) is 4.96. The van der Waals surface area contributed by atoms with Crippen molar-refractivity contribution in [2.75, 3.05) is 20.8 Å².